The Morgan fingerprint density at radius 2 is 1.69 bits per heavy atom. The Labute approximate surface area is 98.4 Å². The highest BCUT2D eigenvalue weighted by atomic mass is 16.1. The van der Waals surface area contributed by atoms with E-state index < -0.39 is 0 Å². The fourth-order valence-corrected chi connectivity index (χ4v) is 4.59. The van der Waals surface area contributed by atoms with E-state index in [0.29, 0.717) is 11.3 Å². The molecule has 0 aromatic carbocycles. The molecule has 0 aromatic rings. The van der Waals surface area contributed by atoms with Crippen LogP contribution in [0.4, 0.5) is 0 Å². The summed E-state index contributed by atoms with van der Waals surface area (Å²) in [5.41, 5.74) is 0.332. The van der Waals surface area contributed by atoms with Crippen LogP contribution in [-0.4, -0.2) is 29.3 Å². The Morgan fingerprint density at radius 3 is 2.19 bits per heavy atom. The van der Waals surface area contributed by atoms with E-state index in [1.54, 1.807) is 6.92 Å². The van der Waals surface area contributed by atoms with Crippen LogP contribution in [0.15, 0.2) is 0 Å². The molecule has 2 aliphatic carbocycles. The average molecular weight is 221 g/mol. The van der Waals surface area contributed by atoms with Crippen molar-refractivity contribution in [2.45, 2.75) is 57.4 Å². The van der Waals surface area contributed by atoms with E-state index in [1.807, 2.05) is 0 Å². The molecular weight excluding hydrogens is 198 g/mol. The number of hydrogen-bond donors (Lipinski definition) is 0. The van der Waals surface area contributed by atoms with Crippen molar-refractivity contribution in [3.8, 4) is 0 Å². The van der Waals surface area contributed by atoms with Crippen molar-refractivity contribution in [3.05, 3.63) is 0 Å². The second kappa shape index (κ2) is 3.83. The van der Waals surface area contributed by atoms with E-state index in [2.05, 4.69) is 4.90 Å². The molecule has 0 N–H and O–H groups in total. The van der Waals surface area contributed by atoms with E-state index in [-0.39, 0.29) is 0 Å². The molecule has 0 bridgehead atoms. The van der Waals surface area contributed by atoms with Crippen LogP contribution in [0.25, 0.3) is 0 Å². The number of ketones is 1. The third-order valence-electron chi connectivity index (χ3n) is 5.17. The number of carbonyl (C=O) groups excluding carboxylic acids is 1. The van der Waals surface area contributed by atoms with Gasteiger partial charge in [-0.05, 0) is 57.5 Å². The quantitative estimate of drug-likeness (QED) is 0.730. The average Bonchev–Trinajstić information content (AvgIpc) is 2.68. The number of carbonyl (C=O) groups is 1. The van der Waals surface area contributed by atoms with Crippen LogP contribution < -0.4 is 0 Å². The van der Waals surface area contributed by atoms with Crippen LogP contribution in [0.5, 0.6) is 0 Å². The lowest BCUT2D eigenvalue weighted by atomic mass is 10.0. The Kier molecular flexibility index (Phi) is 2.58. The van der Waals surface area contributed by atoms with E-state index in [0.717, 1.165) is 18.3 Å². The van der Waals surface area contributed by atoms with Crippen molar-refractivity contribution < 1.29 is 4.79 Å². The topological polar surface area (TPSA) is 20.3 Å². The minimum atomic E-state index is 0.332. The van der Waals surface area contributed by atoms with Crippen LogP contribution in [0, 0.1) is 11.8 Å². The van der Waals surface area contributed by atoms with Gasteiger partial charge in [0.2, 0.25) is 0 Å². The number of hydrogen-bond acceptors (Lipinski definition) is 2. The van der Waals surface area contributed by atoms with Gasteiger partial charge in [-0.15, -0.1) is 0 Å². The van der Waals surface area contributed by atoms with Crippen LogP contribution in [0.1, 0.15) is 51.9 Å². The third-order valence-corrected chi connectivity index (χ3v) is 5.17. The molecule has 1 saturated heterocycles. The Balaban J connectivity index is 1.81. The predicted molar refractivity (Wildman–Crippen MR) is 64.3 cm³/mol. The molecular formula is C14H23NO. The van der Waals surface area contributed by atoms with Crippen molar-refractivity contribution >= 4 is 5.78 Å². The fourth-order valence-electron chi connectivity index (χ4n) is 4.59. The van der Waals surface area contributed by atoms with Crippen molar-refractivity contribution in [1.82, 2.24) is 4.90 Å². The van der Waals surface area contributed by atoms with Gasteiger partial charge in [-0.25, -0.2) is 0 Å². The van der Waals surface area contributed by atoms with Gasteiger partial charge in [0, 0.05) is 12.0 Å². The van der Waals surface area contributed by atoms with Crippen LogP contribution in [0.3, 0.4) is 0 Å². The second-order valence-corrected chi connectivity index (χ2v) is 6.06. The molecule has 3 fully saturated rings. The summed E-state index contributed by atoms with van der Waals surface area (Å²) in [5, 5.41) is 0. The molecule has 1 heterocycles. The number of likely N-dealkylation sites (tertiary alicyclic amines) is 1. The van der Waals surface area contributed by atoms with Gasteiger partial charge in [-0.2, -0.15) is 0 Å². The van der Waals surface area contributed by atoms with Gasteiger partial charge in [0.05, 0.1) is 0 Å². The lowest BCUT2D eigenvalue weighted by Crippen LogP contribution is -2.39. The van der Waals surface area contributed by atoms with Crippen molar-refractivity contribution in [3.63, 3.8) is 0 Å². The predicted octanol–water partition coefficient (Wildman–Crippen LogP) is 2.62. The lowest BCUT2D eigenvalue weighted by molar-refractivity contribution is -0.118. The zero-order chi connectivity index (χ0) is 11.2. The molecule has 0 aromatic heterocycles. The molecule has 3 atom stereocenters. The monoisotopic (exact) mass is 221 g/mol. The first-order valence-corrected chi connectivity index (χ1v) is 6.99. The van der Waals surface area contributed by atoms with Crippen LogP contribution in [0.2, 0.25) is 0 Å². The smallest absolute Gasteiger partial charge is 0.131 e. The molecule has 3 aliphatic rings. The number of Topliss-reactive ketones (excluding diaryl/α,β-unsaturated/α-hetero) is 1. The van der Waals surface area contributed by atoms with Gasteiger partial charge in [0.1, 0.15) is 5.78 Å². The third kappa shape index (κ3) is 1.46. The summed E-state index contributed by atoms with van der Waals surface area (Å²) in [4.78, 5) is 14.2. The fraction of sp³-hybridized carbons (Fsp3) is 0.929. The molecule has 3 rings (SSSR count). The highest BCUT2D eigenvalue weighted by Gasteiger charge is 2.67. The van der Waals surface area contributed by atoms with E-state index in [4.69, 9.17) is 0 Å². The molecule has 0 spiro atoms. The summed E-state index contributed by atoms with van der Waals surface area (Å²) in [6.45, 7) is 4.28. The van der Waals surface area contributed by atoms with Crippen LogP contribution >= 0.6 is 0 Å². The summed E-state index contributed by atoms with van der Waals surface area (Å²) in [5.74, 6) is 2.13. The molecule has 1 aliphatic heterocycles. The molecule has 2 nitrogen and oxygen atoms in total. The second-order valence-electron chi connectivity index (χ2n) is 6.06. The highest BCUT2D eigenvalue weighted by Crippen LogP contribution is 2.64. The molecule has 2 saturated carbocycles. The zero-order valence-electron chi connectivity index (χ0n) is 10.4. The summed E-state index contributed by atoms with van der Waals surface area (Å²) in [6, 6.07) is 0. The highest BCUT2D eigenvalue weighted by molar-refractivity contribution is 5.77. The maximum atomic E-state index is 11.6. The lowest BCUT2D eigenvalue weighted by Gasteiger charge is -2.29. The SMILES string of the molecule is CC(=O)CC1(N2CCCC2)[C@@H]2CCCC[C@@H]21. The summed E-state index contributed by atoms with van der Waals surface area (Å²) < 4.78 is 0. The summed E-state index contributed by atoms with van der Waals surface area (Å²) in [6.07, 6.45) is 9.09. The summed E-state index contributed by atoms with van der Waals surface area (Å²) in [7, 11) is 0. The van der Waals surface area contributed by atoms with Crippen molar-refractivity contribution in [2.75, 3.05) is 13.1 Å². The number of nitrogens with zero attached hydrogens (tertiary/aromatic N) is 1. The molecule has 0 radical (unpaired) electrons. The van der Waals surface area contributed by atoms with E-state index in [9.17, 15) is 4.79 Å². The van der Waals surface area contributed by atoms with Crippen molar-refractivity contribution in [2.24, 2.45) is 11.8 Å². The largest absolute Gasteiger partial charge is 0.300 e. The minimum absolute atomic E-state index is 0.332. The number of rotatable bonds is 3. The van der Waals surface area contributed by atoms with Crippen molar-refractivity contribution in [1.29, 1.82) is 0 Å². The van der Waals surface area contributed by atoms with Gasteiger partial charge in [-0.3, -0.25) is 9.69 Å². The Hall–Kier alpha value is -0.370. The summed E-state index contributed by atoms with van der Waals surface area (Å²) >= 11 is 0. The van der Waals surface area contributed by atoms with Crippen LogP contribution in [-0.2, 0) is 4.79 Å². The standard InChI is InChI=1S/C14H23NO/c1-11(16)10-14(15-8-4-5-9-15)12-6-2-3-7-13(12)14/h12-13H,2-10H2,1H3/t12-,13+,14?. The van der Waals surface area contributed by atoms with E-state index in [1.165, 1.54) is 51.6 Å². The first-order chi connectivity index (χ1) is 7.75. The first-order valence-electron chi connectivity index (χ1n) is 6.99. The molecule has 1 unspecified atom stereocenters. The Bertz CT molecular complexity index is 281. The molecule has 90 valence electrons. The first kappa shape index (κ1) is 10.8. The molecule has 16 heavy (non-hydrogen) atoms. The van der Waals surface area contributed by atoms with Gasteiger partial charge in [0.15, 0.2) is 0 Å². The maximum Gasteiger partial charge on any atom is 0.131 e. The number of fused-ring (bicyclic) bond motifs is 1. The van der Waals surface area contributed by atoms with Gasteiger partial charge in [0.25, 0.3) is 0 Å². The minimum Gasteiger partial charge on any atom is -0.300 e. The van der Waals surface area contributed by atoms with E-state index >= 15 is 0 Å². The molecule has 2 heteroatoms. The molecule has 0 amide bonds. The normalized spacial score (nSPS) is 43.1. The Morgan fingerprint density at radius 1 is 1.12 bits per heavy atom. The zero-order valence-corrected chi connectivity index (χ0v) is 10.4. The van der Waals surface area contributed by atoms with Gasteiger partial charge >= 0.3 is 0 Å². The van der Waals surface area contributed by atoms with Gasteiger partial charge in [-0.1, -0.05) is 12.8 Å². The van der Waals surface area contributed by atoms with Gasteiger partial charge < -0.3 is 0 Å². The maximum absolute atomic E-state index is 11.6.